The fourth-order valence-corrected chi connectivity index (χ4v) is 2.61. The Balaban J connectivity index is 1.95. The van der Waals surface area contributed by atoms with E-state index in [1.165, 1.54) is 19.3 Å². The predicted molar refractivity (Wildman–Crippen MR) is 63.9 cm³/mol. The number of Topliss-reactive ketones (excluding diaryl/α,β-unsaturated/α-hetero) is 1. The lowest BCUT2D eigenvalue weighted by Gasteiger charge is -2.19. The lowest BCUT2D eigenvalue weighted by Crippen LogP contribution is -2.17. The number of hydrogen-bond acceptors (Lipinski definition) is 3. The molecule has 2 aromatic heterocycles. The molecular weight excluding hydrogens is 214 g/mol. The summed E-state index contributed by atoms with van der Waals surface area (Å²) in [7, 11) is 0. The molecule has 0 saturated heterocycles. The number of fused-ring (bicyclic) bond motifs is 1. The number of aromatic nitrogens is 3. The highest BCUT2D eigenvalue weighted by atomic mass is 16.1. The van der Waals surface area contributed by atoms with E-state index in [0.29, 0.717) is 0 Å². The molecule has 1 fully saturated rings. The highest BCUT2D eigenvalue weighted by Crippen LogP contribution is 2.27. The molecule has 0 atom stereocenters. The highest BCUT2D eigenvalue weighted by molar-refractivity contribution is 6.03. The molecule has 1 aliphatic rings. The van der Waals surface area contributed by atoms with Crippen molar-refractivity contribution in [1.29, 1.82) is 0 Å². The number of hydrogen-bond donors (Lipinski definition) is 0. The maximum Gasteiger partial charge on any atom is 0.169 e. The molecule has 0 amide bonds. The molecule has 0 bridgehead atoms. The van der Waals surface area contributed by atoms with Crippen molar-refractivity contribution < 1.29 is 4.79 Å². The average molecular weight is 229 g/mol. The molecule has 0 radical (unpaired) electrons. The third-order valence-electron chi connectivity index (χ3n) is 3.57. The monoisotopic (exact) mass is 229 g/mol. The zero-order valence-electron chi connectivity index (χ0n) is 9.67. The third-order valence-corrected chi connectivity index (χ3v) is 3.57. The topological polar surface area (TPSA) is 47.3 Å². The molecule has 0 aromatic carbocycles. The summed E-state index contributed by atoms with van der Waals surface area (Å²) >= 11 is 0. The Morgan fingerprint density at radius 3 is 2.88 bits per heavy atom. The smallest absolute Gasteiger partial charge is 0.169 e. The average Bonchev–Trinajstić information content (AvgIpc) is 2.83. The van der Waals surface area contributed by atoms with E-state index in [2.05, 4.69) is 10.1 Å². The molecule has 88 valence electrons. The second-order valence-corrected chi connectivity index (χ2v) is 4.66. The first kappa shape index (κ1) is 10.4. The zero-order chi connectivity index (χ0) is 11.7. The fraction of sp³-hybridized carbons (Fsp3) is 0.462. The summed E-state index contributed by atoms with van der Waals surface area (Å²) in [6, 6.07) is 0. The van der Waals surface area contributed by atoms with Crippen LogP contribution in [0.3, 0.4) is 0 Å². The van der Waals surface area contributed by atoms with Gasteiger partial charge in [-0.3, -0.25) is 9.78 Å². The van der Waals surface area contributed by atoms with E-state index in [9.17, 15) is 4.79 Å². The van der Waals surface area contributed by atoms with Crippen LogP contribution in [0.1, 0.15) is 42.5 Å². The van der Waals surface area contributed by atoms with Crippen LogP contribution >= 0.6 is 0 Å². The summed E-state index contributed by atoms with van der Waals surface area (Å²) in [6.45, 7) is 0. The van der Waals surface area contributed by atoms with E-state index in [-0.39, 0.29) is 11.7 Å². The van der Waals surface area contributed by atoms with Crippen molar-refractivity contribution in [2.24, 2.45) is 5.92 Å². The molecule has 2 heterocycles. The van der Waals surface area contributed by atoms with Crippen molar-refractivity contribution in [1.82, 2.24) is 14.6 Å². The van der Waals surface area contributed by atoms with Gasteiger partial charge in [0.1, 0.15) is 0 Å². The van der Waals surface area contributed by atoms with Gasteiger partial charge in [-0.25, -0.2) is 4.52 Å². The number of carbonyl (C=O) groups excluding carboxylic acids is 1. The van der Waals surface area contributed by atoms with Gasteiger partial charge in [-0.1, -0.05) is 19.3 Å². The molecule has 1 saturated carbocycles. The molecule has 0 unspecified atom stereocenters. The van der Waals surface area contributed by atoms with Gasteiger partial charge < -0.3 is 0 Å². The summed E-state index contributed by atoms with van der Waals surface area (Å²) in [6.07, 6.45) is 12.5. The number of carbonyl (C=O) groups is 1. The van der Waals surface area contributed by atoms with E-state index in [4.69, 9.17) is 0 Å². The van der Waals surface area contributed by atoms with Gasteiger partial charge in [-0.05, 0) is 12.8 Å². The molecule has 0 N–H and O–H groups in total. The van der Waals surface area contributed by atoms with Crippen LogP contribution in [-0.4, -0.2) is 20.4 Å². The quantitative estimate of drug-likeness (QED) is 0.743. The van der Waals surface area contributed by atoms with Crippen LogP contribution in [0.2, 0.25) is 0 Å². The van der Waals surface area contributed by atoms with Crippen LogP contribution in [-0.2, 0) is 0 Å². The van der Waals surface area contributed by atoms with Crippen molar-refractivity contribution in [3.63, 3.8) is 0 Å². The van der Waals surface area contributed by atoms with Gasteiger partial charge in [0.15, 0.2) is 5.78 Å². The first-order valence-electron chi connectivity index (χ1n) is 6.18. The van der Waals surface area contributed by atoms with Crippen molar-refractivity contribution in [3.05, 3.63) is 30.4 Å². The van der Waals surface area contributed by atoms with Gasteiger partial charge >= 0.3 is 0 Å². The second kappa shape index (κ2) is 4.28. The fourth-order valence-electron chi connectivity index (χ4n) is 2.61. The molecule has 17 heavy (non-hydrogen) atoms. The maximum absolute atomic E-state index is 12.4. The lowest BCUT2D eigenvalue weighted by molar-refractivity contribution is 0.0891. The van der Waals surface area contributed by atoms with Crippen LogP contribution in [0, 0.1) is 5.92 Å². The van der Waals surface area contributed by atoms with Gasteiger partial charge in [-0.2, -0.15) is 5.10 Å². The van der Waals surface area contributed by atoms with Gasteiger partial charge in [0.05, 0.1) is 23.5 Å². The molecule has 0 spiro atoms. The highest BCUT2D eigenvalue weighted by Gasteiger charge is 2.24. The molecule has 4 nitrogen and oxygen atoms in total. The summed E-state index contributed by atoms with van der Waals surface area (Å²) in [5.41, 5.74) is 1.55. The maximum atomic E-state index is 12.4. The van der Waals surface area contributed by atoms with E-state index >= 15 is 0 Å². The Morgan fingerprint density at radius 2 is 2.06 bits per heavy atom. The Morgan fingerprint density at radius 1 is 1.24 bits per heavy atom. The summed E-state index contributed by atoms with van der Waals surface area (Å²) in [5, 5.41) is 4.19. The minimum Gasteiger partial charge on any atom is -0.294 e. The van der Waals surface area contributed by atoms with Crippen LogP contribution in [0.25, 0.3) is 5.52 Å². The van der Waals surface area contributed by atoms with E-state index in [1.807, 2.05) is 0 Å². The van der Waals surface area contributed by atoms with Gasteiger partial charge in [0.25, 0.3) is 0 Å². The SMILES string of the molecule is O=C(c1cnn2ccncc12)C1CCCCC1. The summed E-state index contributed by atoms with van der Waals surface area (Å²) in [4.78, 5) is 16.5. The molecular formula is C13H15N3O. The first-order valence-corrected chi connectivity index (χ1v) is 6.18. The Bertz CT molecular complexity index is 540. The van der Waals surface area contributed by atoms with Crippen LogP contribution in [0.15, 0.2) is 24.8 Å². The molecule has 4 heteroatoms. The second-order valence-electron chi connectivity index (χ2n) is 4.66. The van der Waals surface area contributed by atoms with Crippen molar-refractivity contribution in [2.45, 2.75) is 32.1 Å². The number of nitrogens with zero attached hydrogens (tertiary/aromatic N) is 3. The largest absolute Gasteiger partial charge is 0.294 e. The Labute approximate surface area is 99.7 Å². The normalized spacial score (nSPS) is 17.4. The van der Waals surface area contributed by atoms with Crippen LogP contribution in [0.5, 0.6) is 0 Å². The van der Waals surface area contributed by atoms with E-state index in [1.54, 1.807) is 29.3 Å². The summed E-state index contributed by atoms with van der Waals surface area (Å²) in [5.74, 6) is 0.435. The van der Waals surface area contributed by atoms with Crippen molar-refractivity contribution in [3.8, 4) is 0 Å². The molecule has 2 aromatic rings. The van der Waals surface area contributed by atoms with Gasteiger partial charge in [-0.15, -0.1) is 0 Å². The standard InChI is InChI=1S/C13H15N3O/c17-13(10-4-2-1-3-5-10)11-8-15-16-7-6-14-9-12(11)16/h6-10H,1-5H2. The first-order chi connectivity index (χ1) is 8.36. The minimum atomic E-state index is 0.192. The van der Waals surface area contributed by atoms with Crippen molar-refractivity contribution in [2.75, 3.05) is 0 Å². The lowest BCUT2D eigenvalue weighted by atomic mass is 9.84. The van der Waals surface area contributed by atoms with Crippen LogP contribution < -0.4 is 0 Å². The Hall–Kier alpha value is -1.71. The van der Waals surface area contributed by atoms with Crippen molar-refractivity contribution >= 4 is 11.3 Å². The molecule has 1 aliphatic carbocycles. The molecule has 3 rings (SSSR count). The predicted octanol–water partition coefficient (Wildman–Crippen LogP) is 2.49. The number of ketones is 1. The minimum absolute atomic E-state index is 0.192. The molecule has 0 aliphatic heterocycles. The van der Waals surface area contributed by atoms with Gasteiger partial charge in [0.2, 0.25) is 0 Å². The Kier molecular flexibility index (Phi) is 2.63. The number of rotatable bonds is 2. The third kappa shape index (κ3) is 1.84. The van der Waals surface area contributed by atoms with E-state index in [0.717, 1.165) is 23.9 Å². The van der Waals surface area contributed by atoms with Crippen LogP contribution in [0.4, 0.5) is 0 Å². The van der Waals surface area contributed by atoms with E-state index < -0.39 is 0 Å². The summed E-state index contributed by atoms with van der Waals surface area (Å²) < 4.78 is 1.71. The zero-order valence-corrected chi connectivity index (χ0v) is 9.67. The van der Waals surface area contributed by atoms with Gasteiger partial charge in [0, 0.05) is 18.3 Å².